The first-order valence-electron chi connectivity index (χ1n) is 1.90. The number of hydrogen-bond acceptors (Lipinski definition) is 4. The molecule has 0 aromatic rings. The van der Waals surface area contributed by atoms with Crippen molar-refractivity contribution in [2.75, 3.05) is 12.3 Å². The summed E-state index contributed by atoms with van der Waals surface area (Å²) in [5, 5.41) is 0. The highest BCUT2D eigenvalue weighted by Gasteiger charge is 1.99. The van der Waals surface area contributed by atoms with Crippen LogP contribution in [0.15, 0.2) is 0 Å². The summed E-state index contributed by atoms with van der Waals surface area (Å²) in [6.45, 7) is 0. The third kappa shape index (κ3) is 6.25. The van der Waals surface area contributed by atoms with Crippen molar-refractivity contribution in [3.63, 3.8) is 0 Å². The van der Waals surface area contributed by atoms with E-state index in [4.69, 9.17) is 9.79 Å². The average Bonchev–Trinajstić information content (AvgIpc) is 1.61. The largest absolute Gasteiger partial charge is 0.350 e. The maximum Gasteiger partial charge on any atom is 0.316 e. The molecule has 48 valence electrons. The second kappa shape index (κ2) is 4.16. The van der Waals surface area contributed by atoms with Crippen molar-refractivity contribution in [3.8, 4) is 0 Å². The molecule has 0 fully saturated rings. The molecular formula is C2H6O4P2. The van der Waals surface area contributed by atoms with Crippen molar-refractivity contribution >= 4 is 16.1 Å². The summed E-state index contributed by atoms with van der Waals surface area (Å²) in [7, 11) is -4.45. The van der Waals surface area contributed by atoms with Crippen LogP contribution in [0, 0.1) is 0 Å². The quantitative estimate of drug-likeness (QED) is 0.582. The Bertz CT molecular complexity index is 109. The van der Waals surface area contributed by atoms with Gasteiger partial charge in [-0.05, 0) is 0 Å². The molecule has 8 heavy (non-hydrogen) atoms. The van der Waals surface area contributed by atoms with Crippen LogP contribution in [-0.2, 0) is 9.13 Å². The van der Waals surface area contributed by atoms with Crippen LogP contribution in [0.4, 0.5) is 0 Å². The normalized spacial score (nSPS) is 9.88. The lowest BCUT2D eigenvalue weighted by molar-refractivity contribution is 0.481. The van der Waals surface area contributed by atoms with E-state index in [1.165, 1.54) is 0 Å². The van der Waals surface area contributed by atoms with Crippen molar-refractivity contribution in [2.24, 2.45) is 0 Å². The molecule has 0 aliphatic heterocycles. The Kier molecular flexibility index (Phi) is 4.29. The van der Waals surface area contributed by atoms with E-state index in [0.29, 0.717) is 0 Å². The minimum Gasteiger partial charge on any atom is -0.350 e. The van der Waals surface area contributed by atoms with Crippen LogP contribution in [0.3, 0.4) is 0 Å². The van der Waals surface area contributed by atoms with Crippen molar-refractivity contribution in [2.45, 2.75) is 0 Å². The van der Waals surface area contributed by atoms with Gasteiger partial charge in [-0.3, -0.25) is 0 Å². The average molecular weight is 156 g/mol. The Hall–Kier alpha value is 0.250. The van der Waals surface area contributed by atoms with Gasteiger partial charge in [-0.1, -0.05) is 0 Å². The first kappa shape index (κ1) is 8.25. The molecular weight excluding hydrogens is 150 g/mol. The minimum absolute atomic E-state index is 0.0337. The molecule has 0 aromatic heterocycles. The molecule has 0 bridgehead atoms. The van der Waals surface area contributed by atoms with E-state index in [1.54, 1.807) is 0 Å². The summed E-state index contributed by atoms with van der Waals surface area (Å²) < 4.78 is 19.5. The van der Waals surface area contributed by atoms with Crippen LogP contribution < -0.4 is 0 Å². The van der Waals surface area contributed by atoms with Crippen LogP contribution in [0.1, 0.15) is 0 Å². The van der Waals surface area contributed by atoms with Gasteiger partial charge in [0.15, 0.2) is 8.38 Å². The Balaban J connectivity index is 3.18. The fraction of sp³-hybridized carbons (Fsp3) is 1.00. The fourth-order valence-corrected chi connectivity index (χ4v) is 1.54. The molecule has 0 spiro atoms. The smallest absolute Gasteiger partial charge is 0.316 e. The highest BCUT2D eigenvalue weighted by atomic mass is 31.2. The number of hydrogen-bond donors (Lipinski definition) is 2. The molecule has 0 radical (unpaired) electrons. The van der Waals surface area contributed by atoms with Gasteiger partial charge in [0.05, 0.1) is 6.16 Å². The van der Waals surface area contributed by atoms with Gasteiger partial charge in [-0.2, -0.15) is 0 Å². The van der Waals surface area contributed by atoms with Crippen LogP contribution in [0.25, 0.3) is 0 Å². The Morgan fingerprint density at radius 3 is 1.75 bits per heavy atom. The summed E-state index contributed by atoms with van der Waals surface area (Å²) in [5.74, 6) is 0. The summed E-state index contributed by atoms with van der Waals surface area (Å²) in [4.78, 5) is 16.3. The highest BCUT2D eigenvalue weighted by Crippen LogP contribution is 2.24. The van der Waals surface area contributed by atoms with Gasteiger partial charge in [-0.15, -0.1) is 0 Å². The third-order valence-electron chi connectivity index (χ3n) is 0.483. The molecule has 0 aromatic carbocycles. The van der Waals surface area contributed by atoms with E-state index in [1.807, 2.05) is 0 Å². The zero-order valence-corrected chi connectivity index (χ0v) is 5.81. The van der Waals surface area contributed by atoms with Crippen molar-refractivity contribution in [3.05, 3.63) is 0 Å². The zero-order chi connectivity index (χ0) is 6.57. The molecule has 6 heteroatoms. The molecule has 0 aliphatic rings. The van der Waals surface area contributed by atoms with Gasteiger partial charge in [0.1, 0.15) is 0 Å². The van der Waals surface area contributed by atoms with Crippen LogP contribution >= 0.6 is 16.1 Å². The van der Waals surface area contributed by atoms with Gasteiger partial charge in [-0.25, -0.2) is 9.13 Å². The molecule has 0 rings (SSSR count). The van der Waals surface area contributed by atoms with E-state index in [0.717, 1.165) is 0 Å². The standard InChI is InChI=1S/C2H6O4P2/c3-7(4)1-2-8(5)6/h3-4H,1-2H2. The predicted molar refractivity (Wildman–Crippen MR) is 29.4 cm³/mol. The first-order chi connectivity index (χ1) is 3.63. The van der Waals surface area contributed by atoms with Gasteiger partial charge >= 0.3 is 7.68 Å². The Labute approximate surface area is 48.3 Å². The van der Waals surface area contributed by atoms with Gasteiger partial charge in [0.2, 0.25) is 0 Å². The zero-order valence-electron chi connectivity index (χ0n) is 4.02. The van der Waals surface area contributed by atoms with E-state index < -0.39 is 16.1 Å². The van der Waals surface area contributed by atoms with Crippen molar-refractivity contribution in [1.29, 1.82) is 0 Å². The first-order valence-corrected chi connectivity index (χ1v) is 4.69. The number of rotatable bonds is 3. The lowest BCUT2D eigenvalue weighted by Gasteiger charge is -1.92. The molecule has 0 heterocycles. The molecule has 0 unspecified atom stereocenters. The fourth-order valence-electron chi connectivity index (χ4n) is 0.171. The van der Waals surface area contributed by atoms with Gasteiger partial charge in [0, 0.05) is 6.16 Å². The van der Waals surface area contributed by atoms with E-state index in [2.05, 4.69) is 0 Å². The van der Waals surface area contributed by atoms with Gasteiger partial charge < -0.3 is 9.79 Å². The lowest BCUT2D eigenvalue weighted by atomic mass is 11.0. The third-order valence-corrected chi connectivity index (χ3v) is 2.05. The van der Waals surface area contributed by atoms with Crippen LogP contribution in [-0.4, -0.2) is 22.1 Å². The molecule has 0 saturated carbocycles. The van der Waals surface area contributed by atoms with E-state index >= 15 is 0 Å². The maximum absolute atomic E-state index is 9.73. The molecule has 0 aliphatic carbocycles. The van der Waals surface area contributed by atoms with Crippen LogP contribution in [0.5, 0.6) is 0 Å². The second-order valence-corrected chi connectivity index (χ2v) is 3.46. The maximum atomic E-state index is 9.73. The SMILES string of the molecule is O=P(=O)CCP(O)O. The van der Waals surface area contributed by atoms with Crippen LogP contribution in [0.2, 0.25) is 0 Å². The van der Waals surface area contributed by atoms with E-state index in [9.17, 15) is 9.13 Å². The van der Waals surface area contributed by atoms with Crippen molar-refractivity contribution in [1.82, 2.24) is 0 Å². The summed E-state index contributed by atoms with van der Waals surface area (Å²) >= 11 is 0. The second-order valence-electron chi connectivity index (χ2n) is 1.15. The molecule has 0 atom stereocenters. The topological polar surface area (TPSA) is 74.6 Å². The molecule has 0 saturated heterocycles. The Morgan fingerprint density at radius 1 is 1.12 bits per heavy atom. The van der Waals surface area contributed by atoms with E-state index in [-0.39, 0.29) is 12.3 Å². The summed E-state index contributed by atoms with van der Waals surface area (Å²) in [5.41, 5.74) is 0. The molecule has 2 N–H and O–H groups in total. The Morgan fingerprint density at radius 2 is 1.62 bits per heavy atom. The highest BCUT2D eigenvalue weighted by molar-refractivity contribution is 7.46. The minimum atomic E-state index is -2.44. The molecule has 0 amide bonds. The monoisotopic (exact) mass is 156 g/mol. The van der Waals surface area contributed by atoms with Crippen molar-refractivity contribution < 1.29 is 18.9 Å². The predicted octanol–water partition coefficient (Wildman–Crippen LogP) is 0.456. The van der Waals surface area contributed by atoms with Gasteiger partial charge in [0.25, 0.3) is 0 Å². The summed E-state index contributed by atoms with van der Waals surface area (Å²) in [6.07, 6.45) is -0.165. The summed E-state index contributed by atoms with van der Waals surface area (Å²) in [6, 6.07) is 0. The lowest BCUT2D eigenvalue weighted by Crippen LogP contribution is -1.82. The molecule has 4 nitrogen and oxygen atoms in total.